The fourth-order valence-electron chi connectivity index (χ4n) is 3.84. The van der Waals surface area contributed by atoms with Crippen LogP contribution in [0, 0.1) is 0 Å². The van der Waals surface area contributed by atoms with Gasteiger partial charge in [-0.3, -0.25) is 19.6 Å². The van der Waals surface area contributed by atoms with Crippen molar-refractivity contribution in [3.63, 3.8) is 0 Å². The second kappa shape index (κ2) is 13.1. The van der Waals surface area contributed by atoms with E-state index in [1.165, 1.54) is 18.2 Å². The van der Waals surface area contributed by atoms with E-state index >= 15 is 0 Å². The molecular formula is C29H29F3N6O3. The number of alkyl halides is 3. The Hall–Kier alpha value is -4.71. The lowest BCUT2D eigenvalue weighted by Gasteiger charge is -2.14. The Balaban J connectivity index is 1.43. The van der Waals surface area contributed by atoms with Gasteiger partial charge in [0.15, 0.2) is 0 Å². The molecule has 1 aliphatic heterocycles. The second-order valence-electron chi connectivity index (χ2n) is 9.39. The molecule has 0 spiro atoms. The Morgan fingerprint density at radius 1 is 1.10 bits per heavy atom. The van der Waals surface area contributed by atoms with Crippen LogP contribution in [0.5, 0.6) is 11.5 Å². The Bertz CT molecular complexity index is 1470. The van der Waals surface area contributed by atoms with Crippen LogP contribution in [0.25, 0.3) is 6.08 Å². The average Bonchev–Trinajstić information content (AvgIpc) is 3.47. The van der Waals surface area contributed by atoms with Crippen molar-refractivity contribution < 1.29 is 27.5 Å². The predicted octanol–water partition coefficient (Wildman–Crippen LogP) is 4.19. The van der Waals surface area contributed by atoms with Gasteiger partial charge in [0, 0.05) is 49.2 Å². The van der Waals surface area contributed by atoms with Crippen LogP contribution in [0.3, 0.4) is 0 Å². The zero-order chi connectivity index (χ0) is 29.4. The molecule has 2 amide bonds. The number of nitrogens with one attached hydrogen (secondary N) is 3. The van der Waals surface area contributed by atoms with Crippen molar-refractivity contribution in [1.29, 1.82) is 0 Å². The van der Waals surface area contributed by atoms with E-state index < -0.39 is 23.6 Å². The number of rotatable bonds is 10. The first-order valence-electron chi connectivity index (χ1n) is 12.7. The minimum atomic E-state index is -4.70. The summed E-state index contributed by atoms with van der Waals surface area (Å²) >= 11 is 0. The normalized spacial score (nSPS) is 13.2. The van der Waals surface area contributed by atoms with Crippen molar-refractivity contribution in [2.45, 2.75) is 6.18 Å². The van der Waals surface area contributed by atoms with Gasteiger partial charge in [0.25, 0.3) is 5.91 Å². The number of hydrogen-bond acceptors (Lipinski definition) is 7. The van der Waals surface area contributed by atoms with Gasteiger partial charge in [-0.05, 0) is 62.1 Å². The topological polar surface area (TPSA) is 108 Å². The van der Waals surface area contributed by atoms with Gasteiger partial charge in [0.1, 0.15) is 23.0 Å². The number of nitrogens with zero attached hydrogens (tertiary/aromatic N) is 3. The number of carbonyl (C=O) groups excluding carboxylic acids is 2. The lowest BCUT2D eigenvalue weighted by molar-refractivity contribution is -0.137. The van der Waals surface area contributed by atoms with E-state index in [9.17, 15) is 22.8 Å². The number of anilines is 1. The van der Waals surface area contributed by atoms with Gasteiger partial charge < -0.3 is 25.6 Å². The first kappa shape index (κ1) is 29.3. The number of aliphatic imine (C=N–C) groups is 1. The second-order valence-corrected chi connectivity index (χ2v) is 9.39. The lowest BCUT2D eigenvalue weighted by Crippen LogP contribution is -2.31. The molecule has 1 aliphatic rings. The van der Waals surface area contributed by atoms with E-state index in [0.717, 1.165) is 18.7 Å². The van der Waals surface area contributed by atoms with Gasteiger partial charge in [0.2, 0.25) is 5.91 Å². The Labute approximate surface area is 235 Å². The zero-order valence-corrected chi connectivity index (χ0v) is 22.5. The van der Waals surface area contributed by atoms with E-state index in [-0.39, 0.29) is 17.8 Å². The van der Waals surface area contributed by atoms with Crippen LogP contribution in [0.2, 0.25) is 0 Å². The van der Waals surface area contributed by atoms with E-state index in [4.69, 9.17) is 4.74 Å². The van der Waals surface area contributed by atoms with Crippen molar-refractivity contribution in [3.05, 3.63) is 89.3 Å². The summed E-state index contributed by atoms with van der Waals surface area (Å²) in [6.45, 7) is 2.21. The fraction of sp³-hybridized carbons (Fsp3) is 0.241. The molecule has 0 saturated heterocycles. The number of amides is 2. The molecule has 4 rings (SSSR count). The SMILES string of the molecule is CN(C)CCNC(=O)c1cc(NC(=O)/C=C/c2cccc(Oc3ccnc(C4=NCCN4)c3)c2)cc(C(F)(F)F)c1. The number of hydrogen-bond donors (Lipinski definition) is 3. The number of carbonyl (C=O) groups is 2. The summed E-state index contributed by atoms with van der Waals surface area (Å²) < 4.78 is 46.4. The third-order valence-corrected chi connectivity index (χ3v) is 5.80. The van der Waals surface area contributed by atoms with Gasteiger partial charge >= 0.3 is 6.18 Å². The third kappa shape index (κ3) is 8.64. The Kier molecular flexibility index (Phi) is 9.35. The Morgan fingerprint density at radius 3 is 2.63 bits per heavy atom. The van der Waals surface area contributed by atoms with E-state index in [1.54, 1.807) is 42.6 Å². The Morgan fingerprint density at radius 2 is 1.90 bits per heavy atom. The van der Waals surface area contributed by atoms with E-state index in [0.29, 0.717) is 41.7 Å². The number of likely N-dealkylation sites (N-methyl/N-ethyl adjacent to an activating group) is 1. The summed E-state index contributed by atoms with van der Waals surface area (Å²) in [6, 6.07) is 13.2. The summed E-state index contributed by atoms with van der Waals surface area (Å²) in [6.07, 6.45) is -0.398. The zero-order valence-electron chi connectivity index (χ0n) is 22.5. The highest BCUT2D eigenvalue weighted by molar-refractivity contribution is 6.03. The smallest absolute Gasteiger partial charge is 0.416 e. The third-order valence-electron chi connectivity index (χ3n) is 5.80. The summed E-state index contributed by atoms with van der Waals surface area (Å²) in [5, 5.41) is 8.15. The largest absolute Gasteiger partial charge is 0.457 e. The van der Waals surface area contributed by atoms with Crippen LogP contribution >= 0.6 is 0 Å². The van der Waals surface area contributed by atoms with Gasteiger partial charge in [-0.2, -0.15) is 13.2 Å². The highest BCUT2D eigenvalue weighted by atomic mass is 19.4. The summed E-state index contributed by atoms with van der Waals surface area (Å²) in [4.78, 5) is 35.5. The molecule has 0 fully saturated rings. The first-order valence-corrected chi connectivity index (χ1v) is 12.7. The van der Waals surface area contributed by atoms with E-state index in [1.807, 2.05) is 19.0 Å². The minimum Gasteiger partial charge on any atom is -0.457 e. The molecule has 0 unspecified atom stereocenters. The van der Waals surface area contributed by atoms with Crippen molar-refractivity contribution in [2.24, 2.45) is 4.99 Å². The standard InChI is InChI=1S/C29H29F3N6O3/c1-38(2)13-12-36-28(40)20-15-21(29(30,31)32)17-22(16-20)37-26(39)7-6-19-4-3-5-23(14-19)41-24-8-9-33-25(18-24)27-34-10-11-35-27/h3-9,14-18H,10-13H2,1-2H3,(H,34,35)(H,36,40)(H,37,39)/b7-6+. The van der Waals surface area contributed by atoms with Crippen molar-refractivity contribution in [3.8, 4) is 11.5 Å². The molecule has 0 bridgehead atoms. The maximum absolute atomic E-state index is 13.5. The molecule has 214 valence electrons. The molecule has 12 heteroatoms. The highest BCUT2D eigenvalue weighted by Gasteiger charge is 2.32. The molecule has 0 saturated carbocycles. The molecule has 0 radical (unpaired) electrons. The monoisotopic (exact) mass is 566 g/mol. The summed E-state index contributed by atoms with van der Waals surface area (Å²) in [5.41, 5.74) is -0.121. The van der Waals surface area contributed by atoms with Crippen LogP contribution < -0.4 is 20.7 Å². The molecule has 2 heterocycles. The number of halogens is 3. The molecule has 2 aromatic carbocycles. The number of benzene rings is 2. The molecule has 3 N–H and O–H groups in total. The van der Waals surface area contributed by atoms with Gasteiger partial charge in [-0.1, -0.05) is 12.1 Å². The number of ether oxygens (including phenoxy) is 1. The quantitative estimate of drug-likeness (QED) is 0.318. The van der Waals surface area contributed by atoms with Crippen LogP contribution in [0.1, 0.15) is 27.2 Å². The first-order chi connectivity index (χ1) is 19.6. The number of pyridine rings is 1. The maximum Gasteiger partial charge on any atom is 0.416 e. The highest BCUT2D eigenvalue weighted by Crippen LogP contribution is 2.32. The molecule has 9 nitrogen and oxygen atoms in total. The maximum atomic E-state index is 13.5. The van der Waals surface area contributed by atoms with Crippen molar-refractivity contribution >= 4 is 29.4 Å². The summed E-state index contributed by atoms with van der Waals surface area (Å²) in [5.74, 6) is 0.425. The minimum absolute atomic E-state index is 0.154. The van der Waals surface area contributed by atoms with Gasteiger partial charge in [0.05, 0.1) is 12.1 Å². The number of amidine groups is 1. The van der Waals surface area contributed by atoms with Crippen LogP contribution in [-0.2, 0) is 11.0 Å². The fourth-order valence-corrected chi connectivity index (χ4v) is 3.84. The van der Waals surface area contributed by atoms with Crippen molar-refractivity contribution in [2.75, 3.05) is 45.6 Å². The van der Waals surface area contributed by atoms with Crippen molar-refractivity contribution in [1.82, 2.24) is 20.5 Å². The van der Waals surface area contributed by atoms with Crippen LogP contribution in [0.4, 0.5) is 18.9 Å². The van der Waals surface area contributed by atoms with E-state index in [2.05, 4.69) is 25.9 Å². The molecular weight excluding hydrogens is 537 g/mol. The molecule has 3 aromatic rings. The van der Waals surface area contributed by atoms with Crippen LogP contribution in [-0.4, -0.2) is 67.8 Å². The molecule has 41 heavy (non-hydrogen) atoms. The predicted molar refractivity (Wildman–Crippen MR) is 150 cm³/mol. The molecule has 0 atom stereocenters. The summed E-state index contributed by atoms with van der Waals surface area (Å²) in [7, 11) is 3.62. The molecule has 1 aromatic heterocycles. The number of aromatic nitrogens is 1. The van der Waals surface area contributed by atoms with Gasteiger partial charge in [-0.25, -0.2) is 0 Å². The average molecular weight is 567 g/mol. The lowest BCUT2D eigenvalue weighted by atomic mass is 10.1. The molecule has 0 aliphatic carbocycles. The van der Waals surface area contributed by atoms with Gasteiger partial charge in [-0.15, -0.1) is 0 Å². The van der Waals surface area contributed by atoms with Crippen LogP contribution in [0.15, 0.2) is 71.9 Å².